The van der Waals surface area contributed by atoms with Crippen molar-refractivity contribution in [3.05, 3.63) is 79.9 Å². The normalized spacial score (nSPS) is 10.8. The Balaban J connectivity index is 2.23. The van der Waals surface area contributed by atoms with E-state index in [1.807, 2.05) is 42.5 Å². The number of carbonyl (C=O) groups is 1. The molecule has 0 saturated carbocycles. The first-order valence-corrected chi connectivity index (χ1v) is 8.01. The van der Waals surface area contributed by atoms with Crippen molar-refractivity contribution in [1.29, 1.82) is 0 Å². The Kier molecular flexibility index (Phi) is 4.00. The van der Waals surface area contributed by atoms with E-state index in [9.17, 15) is 4.79 Å². The number of fused-ring (bicyclic) bond motifs is 1. The first-order chi connectivity index (χ1) is 10.1. The minimum Gasteiger partial charge on any atom is -0.289 e. The van der Waals surface area contributed by atoms with Crippen molar-refractivity contribution < 1.29 is 4.79 Å². The average molecular weight is 407 g/mol. The van der Waals surface area contributed by atoms with Gasteiger partial charge >= 0.3 is 0 Å². The molecule has 0 radical (unpaired) electrons. The zero-order valence-electron chi connectivity index (χ0n) is 11.4. The van der Waals surface area contributed by atoms with Crippen LogP contribution < -0.4 is 0 Å². The Hall–Kier alpha value is -1.39. The van der Waals surface area contributed by atoms with Gasteiger partial charge in [-0.1, -0.05) is 48.0 Å². The Morgan fingerprint density at radius 3 is 2.43 bits per heavy atom. The standard InChI is InChI=1S/C18H12ClIO/c1-11-6-8-15(14-5-3-2-4-13(11)14)18(21)16-10-12(19)7-9-17(16)20/h2-10H,1H3. The van der Waals surface area contributed by atoms with Crippen LogP contribution in [0.1, 0.15) is 21.5 Å². The summed E-state index contributed by atoms with van der Waals surface area (Å²) in [6.07, 6.45) is 0. The average Bonchev–Trinajstić information content (AvgIpc) is 2.50. The molecule has 0 heterocycles. The molecule has 3 rings (SSSR count). The number of rotatable bonds is 2. The summed E-state index contributed by atoms with van der Waals surface area (Å²) in [5, 5.41) is 2.67. The number of benzene rings is 3. The van der Waals surface area contributed by atoms with Crippen LogP contribution in [0.2, 0.25) is 5.02 Å². The van der Waals surface area contributed by atoms with Crippen LogP contribution in [-0.4, -0.2) is 5.78 Å². The summed E-state index contributed by atoms with van der Waals surface area (Å²) in [5.74, 6) is 0.0121. The molecule has 0 N–H and O–H groups in total. The van der Waals surface area contributed by atoms with Crippen molar-refractivity contribution in [2.75, 3.05) is 0 Å². The molecule has 0 saturated heterocycles. The molecule has 21 heavy (non-hydrogen) atoms. The van der Waals surface area contributed by atoms with Crippen LogP contribution in [0, 0.1) is 10.5 Å². The third kappa shape index (κ3) is 2.70. The predicted molar refractivity (Wildman–Crippen MR) is 96.3 cm³/mol. The third-order valence-electron chi connectivity index (χ3n) is 3.56. The fourth-order valence-electron chi connectivity index (χ4n) is 2.46. The van der Waals surface area contributed by atoms with Crippen molar-refractivity contribution >= 4 is 50.7 Å². The largest absolute Gasteiger partial charge is 0.289 e. The lowest BCUT2D eigenvalue weighted by atomic mass is 9.95. The summed E-state index contributed by atoms with van der Waals surface area (Å²) in [6.45, 7) is 2.06. The molecular weight excluding hydrogens is 395 g/mol. The first-order valence-electron chi connectivity index (χ1n) is 6.56. The molecule has 0 aliphatic heterocycles. The van der Waals surface area contributed by atoms with Gasteiger partial charge in [-0.15, -0.1) is 0 Å². The smallest absolute Gasteiger partial charge is 0.194 e. The molecular formula is C18H12ClIO. The minimum absolute atomic E-state index is 0.0121. The van der Waals surface area contributed by atoms with E-state index in [4.69, 9.17) is 11.6 Å². The number of carbonyl (C=O) groups excluding carboxylic acids is 1. The second kappa shape index (κ2) is 5.78. The molecule has 0 unspecified atom stereocenters. The molecule has 0 aliphatic rings. The van der Waals surface area contributed by atoms with Gasteiger partial charge in [0.05, 0.1) is 0 Å². The second-order valence-corrected chi connectivity index (χ2v) is 6.53. The highest BCUT2D eigenvalue weighted by molar-refractivity contribution is 14.1. The van der Waals surface area contributed by atoms with Gasteiger partial charge in [-0.3, -0.25) is 4.79 Å². The van der Waals surface area contributed by atoms with Crippen LogP contribution in [0.3, 0.4) is 0 Å². The van der Waals surface area contributed by atoms with Crippen LogP contribution in [0.25, 0.3) is 10.8 Å². The quantitative estimate of drug-likeness (QED) is 0.398. The van der Waals surface area contributed by atoms with Crippen LogP contribution in [0.4, 0.5) is 0 Å². The first kappa shape index (κ1) is 14.5. The zero-order chi connectivity index (χ0) is 15.0. The van der Waals surface area contributed by atoms with Crippen molar-refractivity contribution in [2.24, 2.45) is 0 Å². The van der Waals surface area contributed by atoms with Gasteiger partial charge in [0.1, 0.15) is 0 Å². The Morgan fingerprint density at radius 2 is 1.67 bits per heavy atom. The van der Waals surface area contributed by atoms with E-state index in [0.717, 1.165) is 19.9 Å². The fourth-order valence-corrected chi connectivity index (χ4v) is 3.22. The summed E-state index contributed by atoms with van der Waals surface area (Å²) in [5.41, 5.74) is 2.54. The molecule has 104 valence electrons. The molecule has 3 aromatic rings. The highest BCUT2D eigenvalue weighted by Gasteiger charge is 2.16. The van der Waals surface area contributed by atoms with Gasteiger partial charge in [0.25, 0.3) is 0 Å². The number of halogens is 2. The van der Waals surface area contributed by atoms with Gasteiger partial charge < -0.3 is 0 Å². The molecule has 3 aromatic carbocycles. The maximum absolute atomic E-state index is 12.9. The van der Waals surface area contributed by atoms with E-state index in [0.29, 0.717) is 10.6 Å². The van der Waals surface area contributed by atoms with Crippen LogP contribution in [-0.2, 0) is 0 Å². The van der Waals surface area contributed by atoms with Gasteiger partial charge in [-0.05, 0) is 64.0 Å². The van der Waals surface area contributed by atoms with E-state index in [1.54, 1.807) is 12.1 Å². The Labute approximate surface area is 142 Å². The van der Waals surface area contributed by atoms with Gasteiger partial charge in [-0.25, -0.2) is 0 Å². The summed E-state index contributed by atoms with van der Waals surface area (Å²) >= 11 is 8.21. The molecule has 1 nitrogen and oxygen atoms in total. The van der Waals surface area contributed by atoms with Gasteiger partial charge in [0.2, 0.25) is 0 Å². The number of hydrogen-bond acceptors (Lipinski definition) is 1. The SMILES string of the molecule is Cc1ccc(C(=O)c2cc(Cl)ccc2I)c2ccccc12. The fraction of sp³-hybridized carbons (Fsp3) is 0.0556. The molecule has 0 aromatic heterocycles. The van der Waals surface area contributed by atoms with E-state index in [2.05, 4.69) is 29.5 Å². The van der Waals surface area contributed by atoms with Crippen molar-refractivity contribution in [1.82, 2.24) is 0 Å². The predicted octanol–water partition coefficient (Wildman–Crippen LogP) is 5.64. The topological polar surface area (TPSA) is 17.1 Å². The van der Waals surface area contributed by atoms with Crippen molar-refractivity contribution in [3.8, 4) is 0 Å². The highest BCUT2D eigenvalue weighted by Crippen LogP contribution is 2.27. The van der Waals surface area contributed by atoms with E-state index >= 15 is 0 Å². The minimum atomic E-state index is 0.0121. The van der Waals surface area contributed by atoms with E-state index in [-0.39, 0.29) is 5.78 Å². The number of aryl methyl sites for hydroxylation is 1. The van der Waals surface area contributed by atoms with Crippen LogP contribution >= 0.6 is 34.2 Å². The summed E-state index contributed by atoms with van der Waals surface area (Å²) in [7, 11) is 0. The Morgan fingerprint density at radius 1 is 0.952 bits per heavy atom. The molecule has 3 heteroatoms. The lowest BCUT2D eigenvalue weighted by molar-refractivity contribution is 0.103. The van der Waals surface area contributed by atoms with Gasteiger partial charge in [-0.2, -0.15) is 0 Å². The molecule has 0 atom stereocenters. The number of hydrogen-bond donors (Lipinski definition) is 0. The van der Waals surface area contributed by atoms with Crippen molar-refractivity contribution in [2.45, 2.75) is 6.92 Å². The van der Waals surface area contributed by atoms with Crippen LogP contribution in [0.15, 0.2) is 54.6 Å². The van der Waals surface area contributed by atoms with Crippen molar-refractivity contribution in [3.63, 3.8) is 0 Å². The summed E-state index contributed by atoms with van der Waals surface area (Å²) in [4.78, 5) is 12.9. The van der Waals surface area contributed by atoms with Gasteiger partial charge in [0, 0.05) is 19.7 Å². The van der Waals surface area contributed by atoms with E-state index < -0.39 is 0 Å². The monoisotopic (exact) mass is 406 g/mol. The molecule has 0 aliphatic carbocycles. The van der Waals surface area contributed by atoms with Gasteiger partial charge in [0.15, 0.2) is 5.78 Å². The zero-order valence-corrected chi connectivity index (χ0v) is 14.3. The lowest BCUT2D eigenvalue weighted by Gasteiger charge is -2.10. The maximum atomic E-state index is 12.9. The Bertz CT molecular complexity index is 855. The molecule has 0 fully saturated rings. The molecule has 0 bridgehead atoms. The lowest BCUT2D eigenvalue weighted by Crippen LogP contribution is -2.05. The molecule has 0 spiro atoms. The second-order valence-electron chi connectivity index (χ2n) is 4.93. The van der Waals surface area contributed by atoms with Crippen LogP contribution in [0.5, 0.6) is 0 Å². The maximum Gasteiger partial charge on any atom is 0.194 e. The number of ketones is 1. The third-order valence-corrected chi connectivity index (χ3v) is 4.74. The summed E-state index contributed by atoms with van der Waals surface area (Å²) in [6, 6.07) is 17.3. The summed E-state index contributed by atoms with van der Waals surface area (Å²) < 4.78 is 0.909. The molecule has 0 amide bonds. The van der Waals surface area contributed by atoms with E-state index in [1.165, 1.54) is 5.56 Å². The highest BCUT2D eigenvalue weighted by atomic mass is 127.